The lowest BCUT2D eigenvalue weighted by Crippen LogP contribution is -2.24. The fourth-order valence-electron chi connectivity index (χ4n) is 2.25. The van der Waals surface area contributed by atoms with E-state index in [4.69, 9.17) is 0 Å². The summed E-state index contributed by atoms with van der Waals surface area (Å²) < 4.78 is 28.4. The molecule has 2 aromatic heterocycles. The van der Waals surface area contributed by atoms with Crippen LogP contribution in [0, 0.1) is 11.6 Å². The monoisotopic (exact) mass is 303 g/mol. The summed E-state index contributed by atoms with van der Waals surface area (Å²) in [6.07, 6.45) is 2.60. The second-order valence-corrected chi connectivity index (χ2v) is 4.75. The lowest BCUT2D eigenvalue weighted by Gasteiger charge is -2.14. The van der Waals surface area contributed by atoms with Crippen molar-refractivity contribution in [3.05, 3.63) is 70.5 Å². The van der Waals surface area contributed by atoms with Crippen molar-refractivity contribution >= 4 is 10.9 Å². The summed E-state index contributed by atoms with van der Waals surface area (Å²) in [6, 6.07) is 4.80. The van der Waals surface area contributed by atoms with E-state index >= 15 is 0 Å². The van der Waals surface area contributed by atoms with Crippen LogP contribution in [0.15, 0.2) is 47.8 Å². The van der Waals surface area contributed by atoms with Gasteiger partial charge in [0.25, 0.3) is 5.56 Å². The Morgan fingerprint density at radius 3 is 2.68 bits per heavy atom. The van der Waals surface area contributed by atoms with Crippen LogP contribution < -0.4 is 5.56 Å². The molecule has 0 fully saturated rings. The van der Waals surface area contributed by atoms with Crippen LogP contribution in [0.25, 0.3) is 10.9 Å². The minimum Gasteiger partial charge on any atom is -0.386 e. The average molecular weight is 303 g/mol. The van der Waals surface area contributed by atoms with Crippen LogP contribution in [0.1, 0.15) is 11.7 Å². The zero-order valence-corrected chi connectivity index (χ0v) is 11.3. The van der Waals surface area contributed by atoms with E-state index in [2.05, 4.69) is 9.97 Å². The van der Waals surface area contributed by atoms with E-state index in [1.165, 1.54) is 30.9 Å². The third kappa shape index (κ3) is 2.46. The first-order valence-electron chi connectivity index (χ1n) is 6.49. The number of halogens is 2. The topological polar surface area (TPSA) is 68.0 Å². The fraction of sp³-hybridized carbons (Fsp3) is 0.133. The summed E-state index contributed by atoms with van der Waals surface area (Å²) in [5.41, 5.74) is -0.470. The van der Waals surface area contributed by atoms with E-state index in [1.807, 2.05) is 0 Å². The van der Waals surface area contributed by atoms with Gasteiger partial charge in [-0.15, -0.1) is 0 Å². The van der Waals surface area contributed by atoms with Gasteiger partial charge in [-0.25, -0.2) is 13.8 Å². The fourth-order valence-corrected chi connectivity index (χ4v) is 2.25. The molecule has 0 aliphatic heterocycles. The Bertz CT molecular complexity index is 875. The smallest absolute Gasteiger partial charge is 0.261 e. The number of fused-ring (bicyclic) bond motifs is 1. The Labute approximate surface area is 123 Å². The minimum atomic E-state index is -1.50. The Hall–Kier alpha value is -2.67. The number of hydrogen-bond donors (Lipinski definition) is 1. The molecule has 2 heterocycles. The van der Waals surface area contributed by atoms with Crippen molar-refractivity contribution in [2.24, 2.45) is 0 Å². The third-order valence-electron chi connectivity index (χ3n) is 3.33. The van der Waals surface area contributed by atoms with E-state index in [0.717, 1.165) is 16.7 Å². The Morgan fingerprint density at radius 1 is 1.23 bits per heavy atom. The van der Waals surface area contributed by atoms with Gasteiger partial charge in [-0.2, -0.15) is 0 Å². The molecule has 1 N–H and O–H groups in total. The molecule has 0 spiro atoms. The zero-order valence-electron chi connectivity index (χ0n) is 11.3. The molecule has 0 amide bonds. The van der Waals surface area contributed by atoms with Gasteiger partial charge in [0.2, 0.25) is 0 Å². The number of aliphatic hydroxyl groups excluding tert-OH is 1. The van der Waals surface area contributed by atoms with Crippen LogP contribution in [0.3, 0.4) is 0 Å². The first-order valence-corrected chi connectivity index (χ1v) is 6.49. The summed E-state index contributed by atoms with van der Waals surface area (Å²) >= 11 is 0. The van der Waals surface area contributed by atoms with E-state index < -0.39 is 28.9 Å². The van der Waals surface area contributed by atoms with Gasteiger partial charge in [0.1, 0.15) is 17.7 Å². The number of aromatic nitrogens is 3. The number of hydrogen-bond acceptors (Lipinski definition) is 4. The molecule has 1 aromatic carbocycles. The molecule has 0 saturated carbocycles. The van der Waals surface area contributed by atoms with Gasteiger partial charge in [0.05, 0.1) is 35.5 Å². The molecule has 7 heteroatoms. The predicted molar refractivity (Wildman–Crippen MR) is 75.1 cm³/mol. The van der Waals surface area contributed by atoms with Gasteiger partial charge in [-0.1, -0.05) is 6.07 Å². The molecule has 22 heavy (non-hydrogen) atoms. The first-order chi connectivity index (χ1) is 10.6. The number of rotatable bonds is 3. The lowest BCUT2D eigenvalue weighted by atomic mass is 10.1. The van der Waals surface area contributed by atoms with Crippen molar-refractivity contribution in [1.82, 2.24) is 14.5 Å². The molecule has 0 aliphatic carbocycles. The molecule has 0 aliphatic rings. The summed E-state index contributed by atoms with van der Waals surface area (Å²) in [5.74, 6) is -1.73. The lowest BCUT2D eigenvalue weighted by molar-refractivity contribution is 0.145. The van der Waals surface area contributed by atoms with E-state index in [0.29, 0.717) is 10.9 Å². The SMILES string of the molecule is O=c1c2ccncc2ncn1C[C@@H](O)c1c(F)cccc1F. The second-order valence-electron chi connectivity index (χ2n) is 4.75. The molecule has 0 saturated heterocycles. The highest BCUT2D eigenvalue weighted by Gasteiger charge is 2.19. The number of nitrogens with zero attached hydrogens (tertiary/aromatic N) is 3. The standard InChI is InChI=1S/C15H11F2N3O2/c16-10-2-1-3-11(17)14(10)13(21)7-20-8-19-12-6-18-5-4-9(12)15(20)22/h1-6,8,13,21H,7H2/t13-/m1/s1. The van der Waals surface area contributed by atoms with Gasteiger partial charge >= 0.3 is 0 Å². The van der Waals surface area contributed by atoms with Crippen LogP contribution in [-0.4, -0.2) is 19.6 Å². The van der Waals surface area contributed by atoms with Gasteiger partial charge in [0.15, 0.2) is 0 Å². The highest BCUT2D eigenvalue weighted by atomic mass is 19.1. The van der Waals surface area contributed by atoms with Gasteiger partial charge in [0, 0.05) is 6.20 Å². The van der Waals surface area contributed by atoms with Crippen molar-refractivity contribution in [3.63, 3.8) is 0 Å². The summed E-state index contributed by atoms with van der Waals surface area (Å²) in [5, 5.41) is 10.4. The van der Waals surface area contributed by atoms with Gasteiger partial charge in [-0.05, 0) is 18.2 Å². The number of benzene rings is 1. The molecule has 5 nitrogen and oxygen atoms in total. The van der Waals surface area contributed by atoms with Crippen LogP contribution >= 0.6 is 0 Å². The first kappa shape index (κ1) is 14.3. The highest BCUT2D eigenvalue weighted by Crippen LogP contribution is 2.21. The van der Waals surface area contributed by atoms with Crippen LogP contribution in [0.4, 0.5) is 8.78 Å². The quantitative estimate of drug-likeness (QED) is 0.801. The largest absolute Gasteiger partial charge is 0.386 e. The maximum Gasteiger partial charge on any atom is 0.261 e. The Morgan fingerprint density at radius 2 is 1.95 bits per heavy atom. The summed E-state index contributed by atoms with van der Waals surface area (Å²) in [4.78, 5) is 20.2. The summed E-state index contributed by atoms with van der Waals surface area (Å²) in [6.45, 7) is -0.304. The van der Waals surface area contributed by atoms with E-state index in [1.54, 1.807) is 0 Å². The third-order valence-corrected chi connectivity index (χ3v) is 3.33. The van der Waals surface area contributed by atoms with Crippen molar-refractivity contribution in [3.8, 4) is 0 Å². The normalized spacial score (nSPS) is 12.5. The van der Waals surface area contributed by atoms with E-state index in [9.17, 15) is 18.7 Å². The van der Waals surface area contributed by atoms with Crippen LogP contribution in [0.5, 0.6) is 0 Å². The molecule has 0 unspecified atom stereocenters. The van der Waals surface area contributed by atoms with Crippen molar-refractivity contribution in [2.75, 3.05) is 0 Å². The van der Waals surface area contributed by atoms with Crippen molar-refractivity contribution < 1.29 is 13.9 Å². The minimum absolute atomic E-state index is 0.304. The maximum absolute atomic E-state index is 13.6. The Kier molecular flexibility index (Phi) is 3.64. The predicted octanol–water partition coefficient (Wildman–Crippen LogP) is 1.80. The zero-order chi connectivity index (χ0) is 15.7. The molecule has 0 bridgehead atoms. The van der Waals surface area contributed by atoms with Gasteiger partial charge < -0.3 is 5.11 Å². The Balaban J connectivity index is 2.00. The molecule has 112 valence electrons. The number of pyridine rings is 1. The molecule has 0 radical (unpaired) electrons. The molecular formula is C15H11F2N3O2. The average Bonchev–Trinajstić information content (AvgIpc) is 2.50. The molecule has 3 aromatic rings. The van der Waals surface area contributed by atoms with Crippen LogP contribution in [-0.2, 0) is 6.54 Å². The molecule has 3 rings (SSSR count). The molecular weight excluding hydrogens is 292 g/mol. The summed E-state index contributed by atoms with van der Waals surface area (Å²) in [7, 11) is 0. The van der Waals surface area contributed by atoms with Crippen LogP contribution in [0.2, 0.25) is 0 Å². The highest BCUT2D eigenvalue weighted by molar-refractivity contribution is 5.75. The maximum atomic E-state index is 13.6. The number of aliphatic hydroxyl groups is 1. The van der Waals surface area contributed by atoms with Crippen molar-refractivity contribution in [2.45, 2.75) is 12.6 Å². The van der Waals surface area contributed by atoms with E-state index in [-0.39, 0.29) is 6.54 Å². The molecule has 1 atom stereocenters. The second kappa shape index (κ2) is 5.61. The van der Waals surface area contributed by atoms with Gasteiger partial charge in [-0.3, -0.25) is 14.3 Å². The van der Waals surface area contributed by atoms with Crippen molar-refractivity contribution in [1.29, 1.82) is 0 Å².